The zero-order chi connectivity index (χ0) is 15.0. The van der Waals surface area contributed by atoms with Crippen molar-refractivity contribution in [1.82, 2.24) is 0 Å². The van der Waals surface area contributed by atoms with E-state index < -0.39 is 17.5 Å². The lowest BCUT2D eigenvalue weighted by Crippen LogP contribution is -2.12. The van der Waals surface area contributed by atoms with E-state index in [1.807, 2.05) is 0 Å². The lowest BCUT2D eigenvalue weighted by atomic mass is 9.97. The summed E-state index contributed by atoms with van der Waals surface area (Å²) in [5.41, 5.74) is 0.00376. The van der Waals surface area contributed by atoms with Crippen LogP contribution in [0.3, 0.4) is 0 Å². The maximum atomic E-state index is 13.0. The first-order valence-electron chi connectivity index (χ1n) is 6.79. The Hall–Kier alpha value is -1.62. The van der Waals surface area contributed by atoms with E-state index in [4.69, 9.17) is 0 Å². The van der Waals surface area contributed by atoms with Crippen LogP contribution >= 0.6 is 11.3 Å². The number of hydrogen-bond donors (Lipinski definition) is 0. The molecule has 2 aromatic rings. The van der Waals surface area contributed by atoms with Crippen molar-refractivity contribution in [1.29, 1.82) is 0 Å². The third-order valence-corrected chi connectivity index (χ3v) is 4.93. The third-order valence-electron chi connectivity index (χ3n) is 3.70. The average molecular weight is 310 g/mol. The summed E-state index contributed by atoms with van der Waals surface area (Å²) < 4.78 is 39.0. The van der Waals surface area contributed by atoms with Crippen LogP contribution in [0.25, 0.3) is 0 Å². The quantitative estimate of drug-likeness (QED) is 0.723. The summed E-state index contributed by atoms with van der Waals surface area (Å²) >= 11 is 1.34. The fourth-order valence-electron chi connectivity index (χ4n) is 2.66. The molecule has 110 valence electrons. The number of rotatable bonds is 2. The summed E-state index contributed by atoms with van der Waals surface area (Å²) in [6, 6.07) is 6.76. The first kappa shape index (κ1) is 14.3. The molecule has 1 aromatic heterocycles. The summed E-state index contributed by atoms with van der Waals surface area (Å²) in [5.74, 6) is -0.526. The van der Waals surface area contributed by atoms with Gasteiger partial charge in [-0.15, -0.1) is 11.3 Å². The Morgan fingerprint density at radius 2 is 1.81 bits per heavy atom. The number of carbonyl (C=O) groups is 1. The molecule has 1 aromatic carbocycles. The average Bonchev–Trinajstić information content (AvgIpc) is 2.89. The smallest absolute Gasteiger partial charge is 0.288 e. The molecule has 3 rings (SSSR count). The molecule has 1 heterocycles. The van der Waals surface area contributed by atoms with E-state index in [1.165, 1.54) is 29.5 Å². The maximum Gasteiger partial charge on any atom is 0.417 e. The molecule has 1 aliphatic carbocycles. The fraction of sp³-hybridized carbons (Fsp3) is 0.312. The number of halogens is 3. The van der Waals surface area contributed by atoms with Crippen LogP contribution < -0.4 is 0 Å². The van der Waals surface area contributed by atoms with Crippen molar-refractivity contribution in [2.75, 3.05) is 0 Å². The molecular formula is C16H13F3OS. The maximum absolute atomic E-state index is 13.0. The van der Waals surface area contributed by atoms with Crippen LogP contribution in [0.15, 0.2) is 30.3 Å². The molecule has 1 aliphatic rings. The standard InChI is InChI=1S/C16H13F3OS/c17-16(18,19)12-7-3-2-6-11(12)15(20)14-9-10-5-1-4-8-13(10)21-14/h2-3,6-7,9H,1,4-5,8H2. The molecular weight excluding hydrogens is 297 g/mol. The van der Waals surface area contributed by atoms with Crippen molar-refractivity contribution in [2.45, 2.75) is 31.9 Å². The monoisotopic (exact) mass is 310 g/mol. The Labute approximate surface area is 124 Å². The first-order valence-corrected chi connectivity index (χ1v) is 7.61. The predicted octanol–water partition coefficient (Wildman–Crippen LogP) is 4.88. The van der Waals surface area contributed by atoms with Crippen LogP contribution in [0.1, 0.15) is 44.1 Å². The second-order valence-electron chi connectivity index (χ2n) is 5.14. The van der Waals surface area contributed by atoms with E-state index in [2.05, 4.69) is 0 Å². The van der Waals surface area contributed by atoms with Gasteiger partial charge in [-0.1, -0.05) is 18.2 Å². The Morgan fingerprint density at radius 3 is 2.52 bits per heavy atom. The van der Waals surface area contributed by atoms with E-state index in [-0.39, 0.29) is 5.56 Å². The summed E-state index contributed by atoms with van der Waals surface area (Å²) in [6.07, 6.45) is -0.506. The number of aryl methyl sites for hydroxylation is 2. The van der Waals surface area contributed by atoms with Gasteiger partial charge in [-0.3, -0.25) is 4.79 Å². The number of ketones is 1. The van der Waals surface area contributed by atoms with Gasteiger partial charge in [0, 0.05) is 10.4 Å². The Kier molecular flexibility index (Phi) is 3.61. The molecule has 0 N–H and O–H groups in total. The number of alkyl halides is 3. The third kappa shape index (κ3) is 2.75. The van der Waals surface area contributed by atoms with E-state index in [0.29, 0.717) is 4.88 Å². The van der Waals surface area contributed by atoms with Gasteiger partial charge >= 0.3 is 6.18 Å². The normalized spacial score (nSPS) is 14.8. The van der Waals surface area contributed by atoms with Gasteiger partial charge in [-0.2, -0.15) is 13.2 Å². The van der Waals surface area contributed by atoms with Crippen molar-refractivity contribution >= 4 is 17.1 Å². The molecule has 0 unspecified atom stereocenters. The summed E-state index contributed by atoms with van der Waals surface area (Å²) in [7, 11) is 0. The second kappa shape index (κ2) is 5.30. The summed E-state index contributed by atoms with van der Waals surface area (Å²) in [5, 5.41) is 0. The molecule has 21 heavy (non-hydrogen) atoms. The van der Waals surface area contributed by atoms with Gasteiger partial charge < -0.3 is 0 Å². The fourth-order valence-corrected chi connectivity index (χ4v) is 3.87. The van der Waals surface area contributed by atoms with Crippen LogP contribution in [0.2, 0.25) is 0 Å². The largest absolute Gasteiger partial charge is 0.417 e. The van der Waals surface area contributed by atoms with Gasteiger partial charge in [-0.05, 0) is 43.4 Å². The van der Waals surface area contributed by atoms with Crippen molar-refractivity contribution in [3.63, 3.8) is 0 Å². The molecule has 0 fully saturated rings. The number of hydrogen-bond acceptors (Lipinski definition) is 2. The Morgan fingerprint density at radius 1 is 1.10 bits per heavy atom. The SMILES string of the molecule is O=C(c1cc2c(s1)CCCC2)c1ccccc1C(F)(F)F. The summed E-state index contributed by atoms with van der Waals surface area (Å²) in [4.78, 5) is 14.0. The topological polar surface area (TPSA) is 17.1 Å². The molecule has 0 atom stereocenters. The van der Waals surface area contributed by atoms with Gasteiger partial charge in [0.15, 0.2) is 0 Å². The molecule has 5 heteroatoms. The Bertz CT molecular complexity index is 662. The molecule has 0 amide bonds. The van der Waals surface area contributed by atoms with Crippen molar-refractivity contribution in [2.24, 2.45) is 0 Å². The highest BCUT2D eigenvalue weighted by Crippen LogP contribution is 2.35. The van der Waals surface area contributed by atoms with Crippen molar-refractivity contribution < 1.29 is 18.0 Å². The van der Waals surface area contributed by atoms with Crippen molar-refractivity contribution in [3.05, 3.63) is 56.8 Å². The highest BCUT2D eigenvalue weighted by Gasteiger charge is 2.35. The van der Waals surface area contributed by atoms with Gasteiger partial charge in [-0.25, -0.2) is 0 Å². The van der Waals surface area contributed by atoms with E-state index >= 15 is 0 Å². The van der Waals surface area contributed by atoms with E-state index in [1.54, 1.807) is 6.07 Å². The van der Waals surface area contributed by atoms with Crippen LogP contribution in [0.5, 0.6) is 0 Å². The zero-order valence-electron chi connectivity index (χ0n) is 11.2. The highest BCUT2D eigenvalue weighted by molar-refractivity contribution is 7.14. The first-order chi connectivity index (χ1) is 9.97. The minimum Gasteiger partial charge on any atom is -0.288 e. The van der Waals surface area contributed by atoms with Gasteiger partial charge in [0.2, 0.25) is 5.78 Å². The summed E-state index contributed by atoms with van der Waals surface area (Å²) in [6.45, 7) is 0. The molecule has 0 spiro atoms. The number of fused-ring (bicyclic) bond motifs is 1. The van der Waals surface area contributed by atoms with Crippen LogP contribution in [0.4, 0.5) is 13.2 Å². The number of benzene rings is 1. The minimum atomic E-state index is -4.51. The minimum absolute atomic E-state index is 0.261. The lowest BCUT2D eigenvalue weighted by Gasteiger charge is -2.10. The molecule has 1 nitrogen and oxygen atoms in total. The molecule has 0 aliphatic heterocycles. The van der Waals surface area contributed by atoms with E-state index in [0.717, 1.165) is 42.2 Å². The number of carbonyl (C=O) groups excluding carboxylic acids is 1. The molecule has 0 saturated heterocycles. The van der Waals surface area contributed by atoms with Gasteiger partial charge in [0.05, 0.1) is 10.4 Å². The van der Waals surface area contributed by atoms with Crippen molar-refractivity contribution in [3.8, 4) is 0 Å². The highest BCUT2D eigenvalue weighted by atomic mass is 32.1. The van der Waals surface area contributed by atoms with Gasteiger partial charge in [0.25, 0.3) is 0 Å². The molecule has 0 saturated carbocycles. The van der Waals surface area contributed by atoms with Crippen LogP contribution in [0, 0.1) is 0 Å². The lowest BCUT2D eigenvalue weighted by molar-refractivity contribution is -0.137. The van der Waals surface area contributed by atoms with Crippen LogP contribution in [-0.2, 0) is 19.0 Å². The second-order valence-corrected chi connectivity index (χ2v) is 6.28. The zero-order valence-corrected chi connectivity index (χ0v) is 12.0. The molecule has 0 bridgehead atoms. The predicted molar refractivity (Wildman–Crippen MR) is 75.8 cm³/mol. The Balaban J connectivity index is 2.01. The number of thiophene rings is 1. The molecule has 0 radical (unpaired) electrons. The van der Waals surface area contributed by atoms with Gasteiger partial charge in [0.1, 0.15) is 0 Å². The van der Waals surface area contributed by atoms with E-state index in [9.17, 15) is 18.0 Å². The van der Waals surface area contributed by atoms with Crippen LogP contribution in [-0.4, -0.2) is 5.78 Å².